The second-order valence-electron chi connectivity index (χ2n) is 8.63. The smallest absolute Gasteiger partial charge is 0.206 e. The molecule has 1 heterocycles. The normalized spacial score (nSPS) is 14.4. The molecule has 1 N–H and O–H groups in total. The van der Waals surface area contributed by atoms with Gasteiger partial charge in [-0.3, -0.25) is 0 Å². The minimum Gasteiger partial charge on any atom is -0.493 e. The summed E-state index contributed by atoms with van der Waals surface area (Å²) >= 11 is 0. The summed E-state index contributed by atoms with van der Waals surface area (Å²) in [6.45, 7) is 4.33. The third kappa shape index (κ3) is 4.13. The number of hydrogen-bond acceptors (Lipinski definition) is 4. The molecule has 0 spiro atoms. The highest BCUT2D eigenvalue weighted by atomic mass is 32.2. The SMILES string of the molecule is CCOC1=CC(c2ccccc2)(c2ccccc2)Nc2ccc(S(=O)(=O)c3ccc(C)cc3)cc21. The lowest BCUT2D eigenvalue weighted by atomic mass is 9.79. The molecule has 0 unspecified atom stereocenters. The van der Waals surface area contributed by atoms with Crippen molar-refractivity contribution in [2.24, 2.45) is 0 Å². The van der Waals surface area contributed by atoms with E-state index >= 15 is 0 Å². The number of anilines is 1. The highest BCUT2D eigenvalue weighted by molar-refractivity contribution is 7.91. The van der Waals surface area contributed by atoms with Crippen LogP contribution in [0.25, 0.3) is 5.76 Å². The van der Waals surface area contributed by atoms with Gasteiger partial charge in [0.2, 0.25) is 9.84 Å². The molecule has 4 aromatic rings. The Bertz CT molecular complexity index is 1440. The van der Waals surface area contributed by atoms with Gasteiger partial charge in [0, 0.05) is 11.3 Å². The zero-order chi connectivity index (χ0) is 24.5. The predicted octanol–water partition coefficient (Wildman–Crippen LogP) is 6.57. The molecule has 0 saturated heterocycles. The van der Waals surface area contributed by atoms with Gasteiger partial charge in [-0.1, -0.05) is 78.4 Å². The topological polar surface area (TPSA) is 55.4 Å². The fourth-order valence-electron chi connectivity index (χ4n) is 4.53. The average Bonchev–Trinajstić information content (AvgIpc) is 2.89. The zero-order valence-electron chi connectivity index (χ0n) is 19.7. The number of hydrogen-bond donors (Lipinski definition) is 1. The summed E-state index contributed by atoms with van der Waals surface area (Å²) in [5.41, 5.74) is 4.00. The quantitative estimate of drug-likeness (QED) is 0.338. The lowest BCUT2D eigenvalue weighted by molar-refractivity contribution is 0.294. The second kappa shape index (κ2) is 9.08. The molecule has 0 aliphatic carbocycles. The van der Waals surface area contributed by atoms with Crippen molar-refractivity contribution < 1.29 is 13.2 Å². The van der Waals surface area contributed by atoms with Crippen molar-refractivity contribution in [1.29, 1.82) is 0 Å². The molecule has 0 saturated carbocycles. The van der Waals surface area contributed by atoms with E-state index < -0.39 is 15.4 Å². The van der Waals surface area contributed by atoms with Crippen LogP contribution in [-0.2, 0) is 20.1 Å². The minimum absolute atomic E-state index is 0.236. The van der Waals surface area contributed by atoms with E-state index in [1.54, 1.807) is 24.3 Å². The standard InChI is InChI=1S/C30H27NO3S/c1-3-34-29-21-30(23-10-6-4-7-11-23,24-12-8-5-9-13-24)31-28-19-18-26(20-27(28)29)35(32,33)25-16-14-22(2)15-17-25/h4-21,31H,3H2,1-2H3. The van der Waals surface area contributed by atoms with Crippen LogP contribution in [0.3, 0.4) is 0 Å². The third-order valence-electron chi connectivity index (χ3n) is 6.34. The fourth-order valence-corrected chi connectivity index (χ4v) is 5.82. The predicted molar refractivity (Wildman–Crippen MR) is 140 cm³/mol. The van der Waals surface area contributed by atoms with Gasteiger partial charge in [-0.2, -0.15) is 0 Å². The number of benzene rings is 4. The zero-order valence-corrected chi connectivity index (χ0v) is 20.5. The summed E-state index contributed by atoms with van der Waals surface area (Å²) in [6, 6.07) is 32.5. The maximum absolute atomic E-state index is 13.4. The maximum Gasteiger partial charge on any atom is 0.206 e. The van der Waals surface area contributed by atoms with Gasteiger partial charge < -0.3 is 10.1 Å². The number of aryl methyl sites for hydroxylation is 1. The van der Waals surface area contributed by atoms with Crippen LogP contribution in [0.15, 0.2) is 119 Å². The Morgan fingerprint density at radius 1 is 0.771 bits per heavy atom. The van der Waals surface area contributed by atoms with Crippen LogP contribution < -0.4 is 5.32 Å². The van der Waals surface area contributed by atoms with E-state index in [9.17, 15) is 8.42 Å². The Morgan fingerprint density at radius 2 is 1.34 bits per heavy atom. The molecule has 0 atom stereocenters. The monoisotopic (exact) mass is 481 g/mol. The molecule has 0 aromatic heterocycles. The first-order chi connectivity index (χ1) is 16.9. The molecule has 5 rings (SSSR count). The Kier molecular flexibility index (Phi) is 5.95. The highest BCUT2D eigenvalue weighted by Gasteiger charge is 2.38. The lowest BCUT2D eigenvalue weighted by Crippen LogP contribution is -2.37. The van der Waals surface area contributed by atoms with Crippen molar-refractivity contribution in [3.8, 4) is 0 Å². The molecule has 5 heteroatoms. The van der Waals surface area contributed by atoms with E-state index in [1.165, 1.54) is 0 Å². The molecule has 0 amide bonds. The molecule has 4 nitrogen and oxygen atoms in total. The van der Waals surface area contributed by atoms with Crippen molar-refractivity contribution in [1.82, 2.24) is 0 Å². The summed E-state index contributed by atoms with van der Waals surface area (Å²) in [7, 11) is -3.67. The van der Waals surface area contributed by atoms with Gasteiger partial charge in [-0.25, -0.2) is 8.42 Å². The Hall–Kier alpha value is -3.83. The largest absolute Gasteiger partial charge is 0.493 e. The molecule has 0 bridgehead atoms. The first kappa shape index (κ1) is 22.9. The first-order valence-corrected chi connectivity index (χ1v) is 13.1. The molecule has 1 aliphatic heterocycles. The molecule has 0 fully saturated rings. The summed E-state index contributed by atoms with van der Waals surface area (Å²) in [6.07, 6.45) is 2.06. The van der Waals surface area contributed by atoms with Crippen molar-refractivity contribution in [2.45, 2.75) is 29.2 Å². The molecule has 0 radical (unpaired) electrons. The van der Waals surface area contributed by atoms with E-state index in [-0.39, 0.29) is 9.79 Å². The van der Waals surface area contributed by atoms with Crippen LogP contribution >= 0.6 is 0 Å². The molecule has 4 aromatic carbocycles. The van der Waals surface area contributed by atoms with Gasteiger partial charge in [-0.15, -0.1) is 0 Å². The first-order valence-electron chi connectivity index (χ1n) is 11.6. The number of fused-ring (bicyclic) bond motifs is 1. The van der Waals surface area contributed by atoms with E-state index in [4.69, 9.17) is 4.74 Å². The van der Waals surface area contributed by atoms with Crippen LogP contribution in [0, 0.1) is 6.92 Å². The van der Waals surface area contributed by atoms with Crippen LogP contribution in [0.1, 0.15) is 29.2 Å². The van der Waals surface area contributed by atoms with Crippen molar-refractivity contribution >= 4 is 21.3 Å². The van der Waals surface area contributed by atoms with Crippen molar-refractivity contribution in [2.75, 3.05) is 11.9 Å². The molecular formula is C30H27NO3S. The van der Waals surface area contributed by atoms with Gasteiger partial charge in [0.25, 0.3) is 0 Å². The van der Waals surface area contributed by atoms with E-state index in [0.29, 0.717) is 12.4 Å². The summed E-state index contributed by atoms with van der Waals surface area (Å²) in [5, 5.41) is 3.71. The number of rotatable bonds is 6. The summed E-state index contributed by atoms with van der Waals surface area (Å²) < 4.78 is 32.9. The van der Waals surface area contributed by atoms with Crippen LogP contribution in [0.2, 0.25) is 0 Å². The van der Waals surface area contributed by atoms with E-state index in [0.717, 1.165) is 27.9 Å². The molecular weight excluding hydrogens is 454 g/mol. The van der Waals surface area contributed by atoms with Crippen LogP contribution in [0.5, 0.6) is 0 Å². The van der Waals surface area contributed by atoms with Gasteiger partial charge in [0.1, 0.15) is 11.3 Å². The lowest BCUT2D eigenvalue weighted by Gasteiger charge is -2.39. The average molecular weight is 482 g/mol. The second-order valence-corrected chi connectivity index (χ2v) is 10.6. The number of sulfone groups is 1. The van der Waals surface area contributed by atoms with E-state index in [2.05, 4.69) is 35.7 Å². The van der Waals surface area contributed by atoms with Crippen LogP contribution in [-0.4, -0.2) is 15.0 Å². The Labute approximate surface area is 206 Å². The highest BCUT2D eigenvalue weighted by Crippen LogP contribution is 2.44. The van der Waals surface area contributed by atoms with Crippen LogP contribution in [0.4, 0.5) is 5.69 Å². The fraction of sp³-hybridized carbons (Fsp3) is 0.133. The molecule has 35 heavy (non-hydrogen) atoms. The Morgan fingerprint density at radius 3 is 1.91 bits per heavy atom. The van der Waals surface area contributed by atoms with E-state index in [1.807, 2.05) is 68.4 Å². The minimum atomic E-state index is -3.67. The molecule has 176 valence electrons. The van der Waals surface area contributed by atoms with Gasteiger partial charge in [0.05, 0.1) is 16.4 Å². The van der Waals surface area contributed by atoms with Crippen molar-refractivity contribution in [3.63, 3.8) is 0 Å². The number of nitrogens with one attached hydrogen (secondary N) is 1. The third-order valence-corrected chi connectivity index (χ3v) is 8.10. The summed E-state index contributed by atoms with van der Waals surface area (Å²) in [5.74, 6) is 0.648. The summed E-state index contributed by atoms with van der Waals surface area (Å²) in [4.78, 5) is 0.510. The molecule has 1 aliphatic rings. The van der Waals surface area contributed by atoms with Gasteiger partial charge in [0.15, 0.2) is 0 Å². The Balaban J connectivity index is 1.68. The number of ether oxygens (including phenoxy) is 1. The van der Waals surface area contributed by atoms with Gasteiger partial charge in [-0.05, 0) is 61.4 Å². The van der Waals surface area contributed by atoms with Crippen molar-refractivity contribution in [3.05, 3.63) is 131 Å². The van der Waals surface area contributed by atoms with Gasteiger partial charge >= 0.3 is 0 Å². The maximum atomic E-state index is 13.4.